The van der Waals surface area contributed by atoms with Gasteiger partial charge in [0.25, 0.3) is 0 Å². The molecule has 0 unspecified atom stereocenters. The van der Waals surface area contributed by atoms with Gasteiger partial charge in [0.15, 0.2) is 0 Å². The second kappa shape index (κ2) is 8.84. The first-order valence-corrected chi connectivity index (χ1v) is 6.93. The first-order valence-electron chi connectivity index (χ1n) is 6.55. The lowest BCUT2D eigenvalue weighted by Crippen LogP contribution is -2.41. The SMILES string of the molecule is CC(=O)O[C@@H](C)OC(=O)NC[C@H](Oc1ccccc1Cl)C(=O)O. The van der Waals surface area contributed by atoms with Crippen molar-refractivity contribution in [2.45, 2.75) is 26.2 Å². The zero-order valence-corrected chi connectivity index (χ0v) is 13.2. The number of aliphatic carboxylic acids is 1. The Labute approximate surface area is 137 Å². The van der Waals surface area contributed by atoms with Crippen molar-refractivity contribution in [2.75, 3.05) is 6.54 Å². The normalized spacial score (nSPS) is 12.7. The third kappa shape index (κ3) is 6.88. The molecule has 0 fully saturated rings. The zero-order chi connectivity index (χ0) is 17.4. The highest BCUT2D eigenvalue weighted by Gasteiger charge is 2.22. The monoisotopic (exact) mass is 345 g/mol. The summed E-state index contributed by atoms with van der Waals surface area (Å²) < 4.78 is 14.5. The Morgan fingerprint density at radius 2 is 1.91 bits per heavy atom. The van der Waals surface area contributed by atoms with E-state index < -0.39 is 30.4 Å². The number of nitrogens with one attached hydrogen (secondary N) is 1. The molecule has 9 heteroatoms. The number of carbonyl (C=O) groups excluding carboxylic acids is 2. The first kappa shape index (κ1) is 18.6. The van der Waals surface area contributed by atoms with Crippen LogP contribution in [0.25, 0.3) is 0 Å². The Kier molecular flexibility index (Phi) is 7.14. The van der Waals surface area contributed by atoms with Gasteiger partial charge in [-0.1, -0.05) is 23.7 Å². The van der Waals surface area contributed by atoms with Crippen molar-refractivity contribution in [1.29, 1.82) is 0 Å². The van der Waals surface area contributed by atoms with Gasteiger partial charge in [-0.15, -0.1) is 0 Å². The maximum atomic E-state index is 11.5. The minimum atomic E-state index is -1.37. The van der Waals surface area contributed by atoms with E-state index in [2.05, 4.69) is 10.1 Å². The van der Waals surface area contributed by atoms with Crippen LogP contribution in [0.15, 0.2) is 24.3 Å². The summed E-state index contributed by atoms with van der Waals surface area (Å²) in [6.45, 7) is 2.14. The molecule has 1 aromatic rings. The zero-order valence-electron chi connectivity index (χ0n) is 12.4. The van der Waals surface area contributed by atoms with Crippen molar-refractivity contribution in [3.63, 3.8) is 0 Å². The third-order valence-electron chi connectivity index (χ3n) is 2.42. The van der Waals surface area contributed by atoms with Gasteiger partial charge in [-0.25, -0.2) is 9.59 Å². The van der Waals surface area contributed by atoms with E-state index >= 15 is 0 Å². The fraction of sp³-hybridized carbons (Fsp3) is 0.357. The largest absolute Gasteiger partial charge is 0.478 e. The number of para-hydroxylation sites is 1. The average Bonchev–Trinajstić information content (AvgIpc) is 2.43. The molecule has 8 nitrogen and oxygen atoms in total. The molecule has 2 N–H and O–H groups in total. The van der Waals surface area contributed by atoms with Crippen molar-refractivity contribution in [2.24, 2.45) is 0 Å². The summed E-state index contributed by atoms with van der Waals surface area (Å²) in [6.07, 6.45) is -3.42. The van der Waals surface area contributed by atoms with Gasteiger partial charge >= 0.3 is 18.0 Å². The molecule has 0 aliphatic rings. The number of carboxylic acid groups (broad SMARTS) is 1. The number of amides is 1. The highest BCUT2D eigenvalue weighted by molar-refractivity contribution is 6.32. The van der Waals surface area contributed by atoms with Crippen LogP contribution in [0.1, 0.15) is 13.8 Å². The number of benzene rings is 1. The van der Waals surface area contributed by atoms with Crippen LogP contribution in [0, 0.1) is 0 Å². The van der Waals surface area contributed by atoms with Crippen LogP contribution in [0.5, 0.6) is 5.75 Å². The van der Waals surface area contributed by atoms with Crippen LogP contribution >= 0.6 is 11.6 Å². The summed E-state index contributed by atoms with van der Waals surface area (Å²) in [6, 6.07) is 6.33. The van der Waals surface area contributed by atoms with Gasteiger partial charge in [-0.2, -0.15) is 0 Å². The number of alkyl carbamates (subject to hydrolysis) is 1. The number of esters is 1. The summed E-state index contributed by atoms with van der Waals surface area (Å²) in [7, 11) is 0. The molecule has 0 radical (unpaired) electrons. The fourth-order valence-corrected chi connectivity index (χ4v) is 1.68. The molecule has 0 spiro atoms. The van der Waals surface area contributed by atoms with Gasteiger partial charge in [0, 0.05) is 13.8 Å². The summed E-state index contributed by atoms with van der Waals surface area (Å²) in [5.41, 5.74) is 0. The van der Waals surface area contributed by atoms with E-state index in [1.165, 1.54) is 19.1 Å². The fourth-order valence-electron chi connectivity index (χ4n) is 1.50. The maximum Gasteiger partial charge on any atom is 0.410 e. The van der Waals surface area contributed by atoms with Crippen molar-refractivity contribution >= 4 is 29.6 Å². The molecular formula is C14H16ClNO7. The van der Waals surface area contributed by atoms with Gasteiger partial charge in [0.05, 0.1) is 11.6 Å². The van der Waals surface area contributed by atoms with Crippen molar-refractivity contribution < 1.29 is 33.7 Å². The van der Waals surface area contributed by atoms with Crippen LogP contribution in [0.2, 0.25) is 5.02 Å². The van der Waals surface area contributed by atoms with Gasteiger partial charge in [-0.05, 0) is 12.1 Å². The molecule has 23 heavy (non-hydrogen) atoms. The second-order valence-electron chi connectivity index (χ2n) is 4.34. The molecule has 126 valence electrons. The predicted octanol–water partition coefficient (Wildman–Crippen LogP) is 1.81. The Morgan fingerprint density at radius 1 is 1.26 bits per heavy atom. The molecule has 1 rings (SSSR count). The Balaban J connectivity index is 2.54. The lowest BCUT2D eigenvalue weighted by Gasteiger charge is -2.18. The Hall–Kier alpha value is -2.48. The van der Waals surface area contributed by atoms with Crippen LogP contribution in [-0.4, -0.2) is 42.1 Å². The van der Waals surface area contributed by atoms with Gasteiger partial charge in [0.1, 0.15) is 5.75 Å². The number of hydrogen-bond acceptors (Lipinski definition) is 6. The highest BCUT2D eigenvalue weighted by atomic mass is 35.5. The summed E-state index contributed by atoms with van der Waals surface area (Å²) in [4.78, 5) is 33.3. The van der Waals surface area contributed by atoms with Gasteiger partial charge < -0.3 is 24.6 Å². The molecule has 0 aliphatic heterocycles. The summed E-state index contributed by atoms with van der Waals surface area (Å²) in [5, 5.41) is 11.6. The van der Waals surface area contributed by atoms with E-state index in [1.807, 2.05) is 0 Å². The summed E-state index contributed by atoms with van der Waals surface area (Å²) in [5.74, 6) is -1.74. The lowest BCUT2D eigenvalue weighted by molar-refractivity contribution is -0.162. The van der Waals surface area contributed by atoms with Crippen LogP contribution in [-0.2, 0) is 19.1 Å². The smallest absolute Gasteiger partial charge is 0.410 e. The number of halogens is 1. The molecule has 0 bridgehead atoms. The number of carboxylic acids is 1. The Bertz CT molecular complexity index is 578. The quantitative estimate of drug-likeness (QED) is 0.572. The minimum Gasteiger partial charge on any atom is -0.478 e. The molecule has 1 amide bonds. The van der Waals surface area contributed by atoms with Gasteiger partial charge in [-0.3, -0.25) is 4.79 Å². The average molecular weight is 346 g/mol. The van der Waals surface area contributed by atoms with E-state index in [-0.39, 0.29) is 17.3 Å². The predicted molar refractivity (Wildman–Crippen MR) is 79.2 cm³/mol. The third-order valence-corrected chi connectivity index (χ3v) is 2.73. The molecule has 2 atom stereocenters. The second-order valence-corrected chi connectivity index (χ2v) is 4.75. The van der Waals surface area contributed by atoms with E-state index in [9.17, 15) is 14.4 Å². The topological polar surface area (TPSA) is 111 Å². The minimum absolute atomic E-state index is 0.171. The van der Waals surface area contributed by atoms with E-state index in [1.54, 1.807) is 12.1 Å². The molecule has 0 heterocycles. The maximum absolute atomic E-state index is 11.5. The van der Waals surface area contributed by atoms with Crippen LogP contribution in [0.4, 0.5) is 4.79 Å². The van der Waals surface area contributed by atoms with E-state index in [0.717, 1.165) is 6.92 Å². The molecule has 0 aromatic heterocycles. The van der Waals surface area contributed by atoms with Crippen LogP contribution < -0.4 is 10.1 Å². The lowest BCUT2D eigenvalue weighted by atomic mass is 10.3. The molecule has 0 aliphatic carbocycles. The number of rotatable bonds is 7. The number of carbonyl (C=O) groups is 3. The molecule has 1 aromatic carbocycles. The van der Waals surface area contributed by atoms with Crippen molar-refractivity contribution in [1.82, 2.24) is 5.32 Å². The Morgan fingerprint density at radius 3 is 2.48 bits per heavy atom. The first-order chi connectivity index (χ1) is 10.8. The number of ether oxygens (including phenoxy) is 3. The van der Waals surface area contributed by atoms with Crippen molar-refractivity contribution in [3.8, 4) is 5.75 Å². The molecular weight excluding hydrogens is 330 g/mol. The molecule has 0 saturated heterocycles. The van der Waals surface area contributed by atoms with Gasteiger partial charge in [0.2, 0.25) is 12.4 Å². The highest BCUT2D eigenvalue weighted by Crippen LogP contribution is 2.24. The number of hydrogen-bond donors (Lipinski definition) is 2. The van der Waals surface area contributed by atoms with E-state index in [4.69, 9.17) is 26.2 Å². The van der Waals surface area contributed by atoms with Crippen molar-refractivity contribution in [3.05, 3.63) is 29.3 Å². The standard InChI is InChI=1S/C14H16ClNO7/c1-8(17)21-9(2)22-14(20)16-7-12(13(18)19)23-11-6-4-3-5-10(11)15/h3-6,9,12H,7H2,1-2H3,(H,16,20)(H,18,19)/t9-,12+/m1/s1. The molecule has 0 saturated carbocycles. The summed E-state index contributed by atoms with van der Waals surface area (Å²) >= 11 is 5.87. The van der Waals surface area contributed by atoms with Crippen LogP contribution in [0.3, 0.4) is 0 Å². The van der Waals surface area contributed by atoms with E-state index in [0.29, 0.717) is 0 Å².